The van der Waals surface area contributed by atoms with E-state index in [0.717, 1.165) is 26.8 Å². The Morgan fingerprint density at radius 3 is 1.78 bits per heavy atom. The van der Waals surface area contributed by atoms with Gasteiger partial charge in [-0.2, -0.15) is 0 Å². The zero-order chi connectivity index (χ0) is 65.9. The highest BCUT2D eigenvalue weighted by Gasteiger charge is 2.48. The number of aromatic nitrogens is 1. The summed E-state index contributed by atoms with van der Waals surface area (Å²) in [6, 6.07) is 14.3. The molecular weight excluding hydrogens is 1130 g/mol. The van der Waals surface area contributed by atoms with E-state index in [2.05, 4.69) is 20.9 Å². The van der Waals surface area contributed by atoms with Gasteiger partial charge >= 0.3 is 5.97 Å². The third-order valence-electron chi connectivity index (χ3n) is 17.9. The van der Waals surface area contributed by atoms with E-state index in [-0.39, 0.29) is 38.1 Å². The summed E-state index contributed by atoms with van der Waals surface area (Å²) in [6.07, 6.45) is 3.41. The second-order valence-corrected chi connectivity index (χ2v) is 26.3. The fourth-order valence-electron chi connectivity index (χ4n) is 12.5. The number of rotatable bonds is 14. The molecule has 2 saturated heterocycles. The summed E-state index contributed by atoms with van der Waals surface area (Å²) >= 11 is 0. The number of pyridine rings is 1. The average Bonchev–Trinajstić information content (AvgIpc) is 2.39. The van der Waals surface area contributed by atoms with Crippen LogP contribution in [0, 0.1) is 29.6 Å². The van der Waals surface area contributed by atoms with E-state index in [9.17, 15) is 19.5 Å². The van der Waals surface area contributed by atoms with Crippen LogP contribution in [0.25, 0.3) is 21.9 Å². The summed E-state index contributed by atoms with van der Waals surface area (Å²) in [5, 5.41) is 22.6. The Kier molecular flexibility index (Phi) is 24.2. The highest BCUT2D eigenvalue weighted by molar-refractivity contribution is 5.99. The normalized spacial score (nSPS) is 24.9. The van der Waals surface area contributed by atoms with E-state index in [0.29, 0.717) is 30.4 Å². The number of fused-ring (bicyclic) bond motifs is 2. The van der Waals surface area contributed by atoms with E-state index in [1.54, 1.807) is 66.1 Å². The van der Waals surface area contributed by atoms with Crippen LogP contribution in [0.3, 0.4) is 0 Å². The van der Waals surface area contributed by atoms with Gasteiger partial charge in [-0.1, -0.05) is 142 Å². The molecule has 2 fully saturated rings. The van der Waals surface area contributed by atoms with Gasteiger partial charge in [0, 0.05) is 71.3 Å². The molecule has 1 aromatic heterocycles. The molecule has 3 heterocycles. The zero-order valence-corrected chi connectivity index (χ0v) is 55.1. The fourth-order valence-corrected chi connectivity index (χ4v) is 12.5. The highest BCUT2D eigenvalue weighted by atomic mass is 16.6. The number of likely N-dealkylation sites (N-methyl/N-ethyl adjacent to an activating group) is 4. The maximum atomic E-state index is 15.8. The minimum absolute atomic E-state index is 0.0179. The Bertz CT molecular complexity index is 3160. The Hall–Kier alpha value is -7.74. The quantitative estimate of drug-likeness (QED) is 0.0978. The molecule has 8 amide bonds. The van der Waals surface area contributed by atoms with Crippen LogP contribution in [0.5, 0.6) is 0 Å². The SMILES string of the molecule is CC[C@H](C)[C@@H]1NC(=O)[C@@H]2CCCN2C(=O)[C@H](Cc2cccc(-c3ccc4cnccc4c3)c2)N(C)C(=O)[C@H](Cc2ccccc2)NC(=O)[C@H](C(C)C)N(C)C(=O)[C@@H]([C@@H](C)CC)OC(=O)C(C(C)(C)O)N(C)C(=O)[C@H](CC(C)C)NC(=O)C(C(C)C)N(C)C1=O. The lowest BCUT2D eigenvalue weighted by Crippen LogP contribution is -2.63. The minimum atomic E-state index is -1.99. The van der Waals surface area contributed by atoms with E-state index in [4.69, 9.17) is 4.74 Å². The van der Waals surface area contributed by atoms with Gasteiger partial charge in [0.2, 0.25) is 41.4 Å². The number of nitrogens with zero attached hydrogens (tertiary/aromatic N) is 6. The molecule has 0 radical (unpaired) electrons. The highest BCUT2D eigenvalue weighted by Crippen LogP contribution is 2.30. The number of amides is 8. The van der Waals surface area contributed by atoms with Crippen molar-refractivity contribution in [2.75, 3.05) is 34.7 Å². The van der Waals surface area contributed by atoms with Gasteiger partial charge in [0.25, 0.3) is 5.91 Å². The maximum Gasteiger partial charge on any atom is 0.332 e. The van der Waals surface area contributed by atoms with Crippen molar-refractivity contribution in [3.63, 3.8) is 0 Å². The van der Waals surface area contributed by atoms with Gasteiger partial charge in [0.1, 0.15) is 42.3 Å². The number of esters is 1. The lowest BCUT2D eigenvalue weighted by atomic mass is 9.93. The predicted molar refractivity (Wildman–Crippen MR) is 342 cm³/mol. The molecule has 6 rings (SSSR count). The van der Waals surface area contributed by atoms with Gasteiger partial charge in [-0.25, -0.2) is 4.79 Å². The van der Waals surface area contributed by atoms with Crippen LogP contribution in [-0.2, 0) is 60.7 Å². The van der Waals surface area contributed by atoms with Crippen molar-refractivity contribution >= 4 is 64.0 Å². The van der Waals surface area contributed by atoms with E-state index >= 15 is 28.8 Å². The van der Waals surface area contributed by atoms with Gasteiger partial charge in [-0.15, -0.1) is 0 Å². The van der Waals surface area contributed by atoms with Crippen molar-refractivity contribution < 1.29 is 53.0 Å². The molecule has 11 atom stereocenters. The number of hydrogen-bond acceptors (Lipinski definition) is 12. The molecule has 0 spiro atoms. The fraction of sp³-hybridized carbons (Fsp3) is 0.565. The van der Waals surface area contributed by atoms with Crippen LogP contribution in [0.4, 0.5) is 0 Å². The minimum Gasteiger partial charge on any atom is -0.450 e. The van der Waals surface area contributed by atoms with E-state index in [1.165, 1.54) is 61.6 Å². The molecule has 89 heavy (non-hydrogen) atoms. The zero-order valence-electron chi connectivity index (χ0n) is 55.1. The Morgan fingerprint density at radius 2 is 1.18 bits per heavy atom. The van der Waals surface area contributed by atoms with Gasteiger partial charge < -0.3 is 50.3 Å². The first-order valence-corrected chi connectivity index (χ1v) is 31.6. The lowest BCUT2D eigenvalue weighted by molar-refractivity contribution is -0.177. The topological polar surface area (TPSA) is 248 Å². The van der Waals surface area contributed by atoms with Crippen molar-refractivity contribution in [3.05, 3.63) is 102 Å². The summed E-state index contributed by atoms with van der Waals surface area (Å²) in [7, 11) is 5.69. The molecular formula is C69H97N9O11. The summed E-state index contributed by atoms with van der Waals surface area (Å²) in [5.74, 6) is -8.86. The smallest absolute Gasteiger partial charge is 0.332 e. The number of aliphatic hydroxyl groups is 1. The number of carbonyl (C=O) groups excluding carboxylic acids is 9. The number of nitrogens with one attached hydrogen (secondary N) is 3. The van der Waals surface area contributed by atoms with Gasteiger partial charge in [0.15, 0.2) is 12.1 Å². The van der Waals surface area contributed by atoms with Gasteiger partial charge in [-0.3, -0.25) is 43.3 Å². The molecule has 20 nitrogen and oxygen atoms in total. The standard InChI is InChI=1S/C69H97N9O11/c1-17-43(9)55-66(85)75(14)56(41(5)6)61(80)71-51(34-40(3)4)64(83)77(16)59(69(11,12)88)68(87)89-58(44(10)18-2)67(86)76(15)57(42(7)8)62(81)72-52(36-45-24-20-19-21-25-45)63(82)74(13)54(65(84)78-33-23-28-53(78)60(79)73-55)37-46-26-22-27-47(35-46)48-29-30-50-39-70-32-31-49(50)38-48/h19-22,24-27,29-32,35,38-44,51-59,88H,17-18,23,28,33-34,36-37H2,1-16H3,(H,71,80)(H,72,81)(H,73,79)/t43-,44-,51-,52-,53-,54-,55-,56?,57-,58+,59?/m0/s1. The molecule has 0 saturated carbocycles. The maximum absolute atomic E-state index is 15.8. The molecule has 484 valence electrons. The summed E-state index contributed by atoms with van der Waals surface area (Å²) in [4.78, 5) is 147. The largest absolute Gasteiger partial charge is 0.450 e. The molecule has 0 bridgehead atoms. The van der Waals surface area contributed by atoms with Crippen molar-refractivity contribution in [1.82, 2.24) is 45.4 Å². The third-order valence-corrected chi connectivity index (χ3v) is 17.9. The van der Waals surface area contributed by atoms with Crippen molar-refractivity contribution in [2.24, 2.45) is 29.6 Å². The summed E-state index contributed by atoms with van der Waals surface area (Å²) < 4.78 is 6.14. The first-order valence-electron chi connectivity index (χ1n) is 31.6. The number of ether oxygens (including phenoxy) is 1. The molecule has 20 heteroatoms. The van der Waals surface area contributed by atoms with Gasteiger partial charge in [-0.05, 0) is 103 Å². The predicted octanol–water partition coefficient (Wildman–Crippen LogP) is 6.59. The van der Waals surface area contributed by atoms with Crippen LogP contribution >= 0.6 is 0 Å². The monoisotopic (exact) mass is 1230 g/mol. The van der Waals surface area contributed by atoms with Crippen LogP contribution in [0.1, 0.15) is 126 Å². The molecule has 2 aliphatic heterocycles. The number of cyclic esters (lactones) is 1. The van der Waals surface area contributed by atoms with Crippen LogP contribution in [0.2, 0.25) is 0 Å². The summed E-state index contributed by atoms with van der Waals surface area (Å²) in [5.41, 5.74) is 1.14. The van der Waals surface area contributed by atoms with Crippen molar-refractivity contribution in [1.29, 1.82) is 0 Å². The number of benzene rings is 3. The third kappa shape index (κ3) is 17.0. The first-order chi connectivity index (χ1) is 41.9. The van der Waals surface area contributed by atoms with Crippen LogP contribution < -0.4 is 16.0 Å². The van der Waals surface area contributed by atoms with E-state index in [1.807, 2.05) is 94.4 Å². The number of hydrogen-bond donors (Lipinski definition) is 4. The molecule has 4 aromatic rings. The van der Waals surface area contributed by atoms with Crippen LogP contribution in [0.15, 0.2) is 91.3 Å². The molecule has 2 aliphatic rings. The number of carbonyl (C=O) groups is 9. The lowest BCUT2D eigenvalue weighted by Gasteiger charge is -2.39. The molecule has 0 aliphatic carbocycles. The summed E-state index contributed by atoms with van der Waals surface area (Å²) in [6.45, 7) is 20.6. The molecule has 2 unspecified atom stereocenters. The Morgan fingerprint density at radius 1 is 0.596 bits per heavy atom. The second kappa shape index (κ2) is 30.6. The Balaban J connectivity index is 1.52. The van der Waals surface area contributed by atoms with Gasteiger partial charge in [0.05, 0.1) is 5.60 Å². The second-order valence-electron chi connectivity index (χ2n) is 26.3. The van der Waals surface area contributed by atoms with Crippen LogP contribution in [-0.4, -0.2) is 183 Å². The Labute approximate surface area is 526 Å². The first kappa shape index (κ1) is 70.3. The molecule has 4 N–H and O–H groups in total. The molecule has 3 aromatic carbocycles. The van der Waals surface area contributed by atoms with Crippen molar-refractivity contribution in [2.45, 2.75) is 188 Å². The van der Waals surface area contributed by atoms with Crippen molar-refractivity contribution in [3.8, 4) is 11.1 Å². The average molecular weight is 1230 g/mol. The van der Waals surface area contributed by atoms with E-state index < -0.39 is 137 Å².